The molecular weight excluding hydrogens is 667 g/mol. The largest absolute Gasteiger partial charge is 0.508 e. The normalized spacial score (nSPS) is 28.2. The first kappa shape index (κ1) is 38.4. The number of Topliss-reactive ketones (excluding diaryl/α,β-unsaturated/α-hetero) is 1. The highest BCUT2D eigenvalue weighted by atomic mass is 33.1. The lowest BCUT2D eigenvalue weighted by Gasteiger charge is -2.40. The Balaban J connectivity index is 1.84. The van der Waals surface area contributed by atoms with Gasteiger partial charge in [0.15, 0.2) is 5.78 Å². The molecule has 4 rings (SSSR count). The molecule has 4 atom stereocenters. The number of hydrogen-bond donors (Lipinski definition) is 7. The molecule has 11 nitrogen and oxygen atoms in total. The van der Waals surface area contributed by atoms with E-state index < -0.39 is 35.5 Å². The predicted molar refractivity (Wildman–Crippen MR) is 190 cm³/mol. The number of ketones is 1. The Morgan fingerprint density at radius 1 is 0.891 bits per heavy atom. The van der Waals surface area contributed by atoms with Gasteiger partial charge in [0.1, 0.15) is 17.8 Å². The number of thiol groups is 2. The number of rotatable bonds is 6. The van der Waals surface area contributed by atoms with E-state index in [1.807, 2.05) is 20.8 Å². The van der Waals surface area contributed by atoms with Crippen molar-refractivity contribution in [1.29, 1.82) is 0 Å². The maximum absolute atomic E-state index is 13.8. The van der Waals surface area contributed by atoms with E-state index in [1.54, 1.807) is 29.2 Å². The van der Waals surface area contributed by atoms with Crippen LogP contribution in [-0.2, 0) is 30.4 Å². The SMILES string of the molecule is CC(C)C[C@@H]1NC(=O)CC2(C)CCN(CC2)C(=O)[C@H](Cc2ccc(O)cc2)NC(=O)[C@H](CS)NCSSCC(=O)[C@H](CS)NC1=O. The van der Waals surface area contributed by atoms with Crippen LogP contribution >= 0.6 is 46.8 Å². The highest BCUT2D eigenvalue weighted by Crippen LogP contribution is 2.35. The Bertz CT molecular complexity index is 1210. The van der Waals surface area contributed by atoms with Crippen molar-refractivity contribution < 1.29 is 29.1 Å². The first-order valence-corrected chi connectivity index (χ1v) is 19.3. The molecule has 0 saturated carbocycles. The lowest BCUT2D eigenvalue weighted by atomic mass is 9.77. The van der Waals surface area contributed by atoms with Gasteiger partial charge in [-0.3, -0.25) is 29.3 Å². The molecule has 3 fully saturated rings. The van der Waals surface area contributed by atoms with E-state index in [0.29, 0.717) is 38.2 Å². The van der Waals surface area contributed by atoms with Gasteiger partial charge in [-0.1, -0.05) is 54.5 Å². The summed E-state index contributed by atoms with van der Waals surface area (Å²) in [6, 6.07) is 3.39. The lowest BCUT2D eigenvalue weighted by Crippen LogP contribution is -2.56. The number of piperidine rings is 1. The van der Waals surface area contributed by atoms with Gasteiger partial charge in [0.2, 0.25) is 23.6 Å². The zero-order valence-corrected chi connectivity index (χ0v) is 30.0. The van der Waals surface area contributed by atoms with E-state index in [1.165, 1.54) is 21.6 Å². The van der Waals surface area contributed by atoms with Crippen LogP contribution in [-0.4, -0.2) is 99.8 Å². The van der Waals surface area contributed by atoms with E-state index in [4.69, 9.17) is 0 Å². The maximum Gasteiger partial charge on any atom is 0.245 e. The molecule has 5 N–H and O–H groups in total. The van der Waals surface area contributed by atoms with Gasteiger partial charge in [-0.2, -0.15) is 25.3 Å². The van der Waals surface area contributed by atoms with Gasteiger partial charge in [0.25, 0.3) is 0 Å². The van der Waals surface area contributed by atoms with Crippen LogP contribution < -0.4 is 21.3 Å². The smallest absolute Gasteiger partial charge is 0.245 e. The zero-order chi connectivity index (χ0) is 33.9. The number of benzene rings is 1. The molecule has 46 heavy (non-hydrogen) atoms. The van der Waals surface area contributed by atoms with E-state index >= 15 is 0 Å². The molecule has 3 aliphatic rings. The third-order valence-corrected chi connectivity index (χ3v) is 11.1. The molecule has 15 heteroatoms. The number of aromatic hydroxyl groups is 1. The maximum atomic E-state index is 13.8. The first-order valence-electron chi connectivity index (χ1n) is 15.5. The topological polar surface area (TPSA) is 157 Å². The fourth-order valence-electron chi connectivity index (χ4n) is 5.46. The van der Waals surface area contributed by atoms with Crippen molar-refractivity contribution in [2.24, 2.45) is 11.3 Å². The summed E-state index contributed by atoms with van der Waals surface area (Å²) in [7, 11) is 2.63. The molecule has 0 aliphatic carbocycles. The number of carbonyl (C=O) groups excluding carboxylic acids is 5. The molecule has 256 valence electrons. The van der Waals surface area contributed by atoms with E-state index in [9.17, 15) is 29.1 Å². The Kier molecular flexibility index (Phi) is 15.4. The molecule has 3 aliphatic heterocycles. The van der Waals surface area contributed by atoms with Crippen molar-refractivity contribution in [1.82, 2.24) is 26.2 Å². The highest BCUT2D eigenvalue weighted by molar-refractivity contribution is 8.76. The van der Waals surface area contributed by atoms with Gasteiger partial charge < -0.3 is 26.0 Å². The number of amides is 4. The van der Waals surface area contributed by atoms with Gasteiger partial charge in [-0.25, -0.2) is 0 Å². The minimum Gasteiger partial charge on any atom is -0.508 e. The van der Waals surface area contributed by atoms with E-state index in [2.05, 4.69) is 46.5 Å². The summed E-state index contributed by atoms with van der Waals surface area (Å²) in [6.07, 6.45) is 1.97. The minimum absolute atomic E-state index is 0.105. The number of phenols is 1. The van der Waals surface area contributed by atoms with Crippen LogP contribution in [0.1, 0.15) is 52.0 Å². The van der Waals surface area contributed by atoms with Crippen molar-refractivity contribution in [2.75, 3.05) is 36.2 Å². The first-order chi connectivity index (χ1) is 21.8. The van der Waals surface area contributed by atoms with E-state index in [-0.39, 0.29) is 65.3 Å². The van der Waals surface area contributed by atoms with Crippen molar-refractivity contribution in [3.8, 4) is 5.75 Å². The van der Waals surface area contributed by atoms with Crippen LogP contribution in [0.5, 0.6) is 5.75 Å². The third kappa shape index (κ3) is 11.9. The van der Waals surface area contributed by atoms with Gasteiger partial charge >= 0.3 is 0 Å². The second-order valence-electron chi connectivity index (χ2n) is 12.7. The number of fused-ring (bicyclic) bond motifs is 19. The molecule has 1 aromatic rings. The summed E-state index contributed by atoms with van der Waals surface area (Å²) in [4.78, 5) is 68.4. The number of nitrogens with one attached hydrogen (secondary N) is 4. The summed E-state index contributed by atoms with van der Waals surface area (Å²) in [5, 5.41) is 21.5. The fraction of sp³-hybridized carbons (Fsp3) is 0.645. The Hall–Kier alpha value is -2.07. The van der Waals surface area contributed by atoms with Crippen LogP contribution in [0, 0.1) is 11.3 Å². The molecule has 3 heterocycles. The Morgan fingerprint density at radius 2 is 1.50 bits per heavy atom. The molecule has 1 aromatic carbocycles. The summed E-state index contributed by atoms with van der Waals surface area (Å²) in [6.45, 7) is 6.76. The minimum atomic E-state index is -0.847. The second kappa shape index (κ2) is 18.5. The number of nitrogens with zero attached hydrogens (tertiary/aromatic N) is 1. The van der Waals surface area contributed by atoms with Crippen LogP contribution in [0.15, 0.2) is 24.3 Å². The molecule has 2 bridgehead atoms. The summed E-state index contributed by atoms with van der Waals surface area (Å²) < 4.78 is 0. The molecular formula is C31H47N5O6S4. The van der Waals surface area contributed by atoms with E-state index in [0.717, 1.165) is 5.56 Å². The highest BCUT2D eigenvalue weighted by Gasteiger charge is 2.37. The van der Waals surface area contributed by atoms with Crippen molar-refractivity contribution >= 4 is 76.3 Å². The van der Waals surface area contributed by atoms with Crippen LogP contribution in [0.2, 0.25) is 0 Å². The molecule has 3 saturated heterocycles. The van der Waals surface area contributed by atoms with Crippen LogP contribution in [0.4, 0.5) is 0 Å². The predicted octanol–water partition coefficient (Wildman–Crippen LogP) is 2.19. The third-order valence-electron chi connectivity index (χ3n) is 8.28. The van der Waals surface area contributed by atoms with Crippen LogP contribution in [0.3, 0.4) is 0 Å². The zero-order valence-electron chi connectivity index (χ0n) is 26.6. The van der Waals surface area contributed by atoms with Gasteiger partial charge in [0, 0.05) is 37.4 Å². The monoisotopic (exact) mass is 713 g/mol. The lowest BCUT2D eigenvalue weighted by molar-refractivity contribution is -0.139. The average molecular weight is 714 g/mol. The molecule has 4 amide bonds. The molecule has 0 aromatic heterocycles. The average Bonchev–Trinajstić information content (AvgIpc) is 3.00. The summed E-state index contributed by atoms with van der Waals surface area (Å²) in [5.74, 6) is -0.482. The molecule has 0 unspecified atom stereocenters. The standard InChI is InChI=1S/C31H47N5O6S4/c1-19(2)12-22-28(40)35-24(15-43)26(38)17-45-46-18-32-25(16-44)29(41)34-23(13-20-4-6-21(37)7-5-20)30(42)36-10-8-31(3,9-11-36)14-27(39)33-22/h4-7,19,22-25,32,37,43-44H,8-18H2,1-3H3,(H,33,39)(H,34,41)(H,35,40)/t22-,23-,24-,25-/m0/s1. The molecule has 0 radical (unpaired) electrons. The summed E-state index contributed by atoms with van der Waals surface area (Å²) in [5.41, 5.74) is 0.384. The number of carbonyl (C=O) groups is 5. The Labute approximate surface area is 290 Å². The van der Waals surface area contributed by atoms with Crippen molar-refractivity contribution in [3.05, 3.63) is 29.8 Å². The van der Waals surface area contributed by atoms with Crippen molar-refractivity contribution in [2.45, 2.75) is 77.0 Å². The quantitative estimate of drug-likeness (QED) is 0.174. The number of phenolic OH excluding ortho intramolecular Hbond substituents is 1. The number of hydrogen-bond acceptors (Lipinski definition) is 11. The Morgan fingerprint density at radius 3 is 2.11 bits per heavy atom. The van der Waals surface area contributed by atoms with Gasteiger partial charge in [0.05, 0.1) is 23.7 Å². The second-order valence-corrected chi connectivity index (χ2v) is 15.9. The van der Waals surface area contributed by atoms with Gasteiger partial charge in [-0.15, -0.1) is 0 Å². The molecule has 0 spiro atoms. The van der Waals surface area contributed by atoms with Gasteiger partial charge in [-0.05, 0) is 48.3 Å². The van der Waals surface area contributed by atoms with Crippen molar-refractivity contribution in [3.63, 3.8) is 0 Å². The fourth-order valence-corrected chi connectivity index (χ4v) is 7.85. The summed E-state index contributed by atoms with van der Waals surface area (Å²) >= 11 is 8.64. The van der Waals surface area contributed by atoms with Crippen LogP contribution in [0.25, 0.3) is 0 Å².